The molecular formula is C15H23NO3. The van der Waals surface area contributed by atoms with Crippen molar-refractivity contribution >= 4 is 0 Å². The van der Waals surface area contributed by atoms with Crippen LogP contribution in [-0.2, 0) is 11.2 Å². The molecule has 0 atom stereocenters. The summed E-state index contributed by atoms with van der Waals surface area (Å²) in [5.41, 5.74) is 0.551. The molecule has 0 unspecified atom stereocenters. The van der Waals surface area contributed by atoms with Crippen molar-refractivity contribution in [1.29, 1.82) is 0 Å². The van der Waals surface area contributed by atoms with E-state index in [0.29, 0.717) is 6.61 Å². The van der Waals surface area contributed by atoms with Crippen LogP contribution in [0.4, 0.5) is 0 Å². The van der Waals surface area contributed by atoms with Gasteiger partial charge in [0.15, 0.2) is 0 Å². The lowest BCUT2D eigenvalue weighted by Crippen LogP contribution is -2.45. The van der Waals surface area contributed by atoms with Gasteiger partial charge in [0.1, 0.15) is 18.0 Å². The second-order valence-corrected chi connectivity index (χ2v) is 5.15. The molecule has 1 aromatic carbocycles. The fraction of sp³-hybridized carbons (Fsp3) is 0.600. The molecule has 0 bridgehead atoms. The standard InChI is InChI=1S/C15H23NO3/c1-18-11-6-13-2-4-14(5-3-13)19-12-15(17)7-9-16-10-8-15/h2-5,16-17H,6-12H2,1H3. The van der Waals surface area contributed by atoms with Gasteiger partial charge in [0.25, 0.3) is 0 Å². The van der Waals surface area contributed by atoms with Gasteiger partial charge in [-0.25, -0.2) is 0 Å². The Morgan fingerprint density at radius 3 is 2.53 bits per heavy atom. The first-order valence-corrected chi connectivity index (χ1v) is 6.86. The molecule has 2 rings (SSSR count). The number of benzene rings is 1. The number of ether oxygens (including phenoxy) is 2. The largest absolute Gasteiger partial charge is 0.491 e. The predicted octanol–water partition coefficient (Wildman–Crippen LogP) is 1.37. The fourth-order valence-corrected chi connectivity index (χ4v) is 2.23. The normalized spacial score (nSPS) is 18.2. The average molecular weight is 265 g/mol. The third kappa shape index (κ3) is 4.49. The molecule has 0 aliphatic carbocycles. The third-order valence-corrected chi connectivity index (χ3v) is 3.56. The summed E-state index contributed by atoms with van der Waals surface area (Å²) in [4.78, 5) is 0. The van der Waals surface area contributed by atoms with Crippen LogP contribution in [0.2, 0.25) is 0 Å². The first-order valence-electron chi connectivity index (χ1n) is 6.86. The second-order valence-electron chi connectivity index (χ2n) is 5.15. The first kappa shape index (κ1) is 14.3. The average Bonchev–Trinajstić information content (AvgIpc) is 2.45. The van der Waals surface area contributed by atoms with Gasteiger partial charge in [-0.3, -0.25) is 0 Å². The van der Waals surface area contributed by atoms with Gasteiger partial charge >= 0.3 is 0 Å². The predicted molar refractivity (Wildman–Crippen MR) is 74.6 cm³/mol. The molecule has 2 N–H and O–H groups in total. The van der Waals surface area contributed by atoms with Gasteiger partial charge in [-0.1, -0.05) is 12.1 Å². The Kier molecular flexibility index (Phi) is 5.19. The van der Waals surface area contributed by atoms with Crippen LogP contribution in [0, 0.1) is 0 Å². The molecule has 1 fully saturated rings. The van der Waals surface area contributed by atoms with Gasteiger partial charge in [0, 0.05) is 7.11 Å². The van der Waals surface area contributed by atoms with Gasteiger partial charge < -0.3 is 19.9 Å². The van der Waals surface area contributed by atoms with Crippen molar-refractivity contribution in [3.8, 4) is 5.75 Å². The fourth-order valence-electron chi connectivity index (χ4n) is 2.23. The van der Waals surface area contributed by atoms with Gasteiger partial charge in [-0.15, -0.1) is 0 Å². The summed E-state index contributed by atoms with van der Waals surface area (Å²) in [6, 6.07) is 7.99. The molecule has 1 aromatic rings. The summed E-state index contributed by atoms with van der Waals surface area (Å²) in [5, 5.41) is 13.6. The maximum Gasteiger partial charge on any atom is 0.119 e. The maximum absolute atomic E-state index is 10.3. The molecule has 4 nitrogen and oxygen atoms in total. The summed E-state index contributed by atoms with van der Waals surface area (Å²) >= 11 is 0. The van der Waals surface area contributed by atoms with Gasteiger partial charge in [0.05, 0.1) is 6.61 Å². The monoisotopic (exact) mass is 265 g/mol. The Bertz CT molecular complexity index is 371. The third-order valence-electron chi connectivity index (χ3n) is 3.56. The Morgan fingerprint density at radius 2 is 1.89 bits per heavy atom. The number of rotatable bonds is 6. The van der Waals surface area contributed by atoms with E-state index in [1.54, 1.807) is 7.11 Å². The highest BCUT2D eigenvalue weighted by Crippen LogP contribution is 2.20. The molecule has 1 heterocycles. The van der Waals surface area contributed by atoms with Crippen LogP contribution in [-0.4, -0.2) is 44.1 Å². The van der Waals surface area contributed by atoms with Gasteiger partial charge in [0.2, 0.25) is 0 Å². The highest BCUT2D eigenvalue weighted by Gasteiger charge is 2.29. The number of methoxy groups -OCH3 is 1. The molecule has 0 radical (unpaired) electrons. The summed E-state index contributed by atoms with van der Waals surface area (Å²) in [6.07, 6.45) is 2.41. The summed E-state index contributed by atoms with van der Waals surface area (Å²) in [7, 11) is 1.71. The van der Waals surface area contributed by atoms with Crippen LogP contribution < -0.4 is 10.1 Å². The SMILES string of the molecule is COCCc1ccc(OCC2(O)CCNCC2)cc1. The van der Waals surface area contributed by atoms with Crippen LogP contribution in [0.1, 0.15) is 18.4 Å². The van der Waals surface area contributed by atoms with Crippen molar-refractivity contribution in [2.45, 2.75) is 24.9 Å². The second kappa shape index (κ2) is 6.89. The van der Waals surface area contributed by atoms with E-state index in [4.69, 9.17) is 9.47 Å². The van der Waals surface area contributed by atoms with E-state index in [0.717, 1.165) is 44.7 Å². The van der Waals surface area contributed by atoms with Crippen LogP contribution in [0.25, 0.3) is 0 Å². The lowest BCUT2D eigenvalue weighted by Gasteiger charge is -2.32. The van der Waals surface area contributed by atoms with Gasteiger partial charge in [-0.2, -0.15) is 0 Å². The number of aliphatic hydroxyl groups is 1. The van der Waals surface area contributed by atoms with Crippen molar-refractivity contribution in [2.75, 3.05) is 33.4 Å². The van der Waals surface area contributed by atoms with Crippen molar-refractivity contribution in [3.05, 3.63) is 29.8 Å². The van der Waals surface area contributed by atoms with Crippen LogP contribution >= 0.6 is 0 Å². The maximum atomic E-state index is 10.3. The van der Waals surface area contributed by atoms with E-state index in [-0.39, 0.29) is 0 Å². The Labute approximate surface area is 114 Å². The number of nitrogens with one attached hydrogen (secondary N) is 1. The molecular weight excluding hydrogens is 242 g/mol. The molecule has 19 heavy (non-hydrogen) atoms. The molecule has 0 amide bonds. The molecule has 0 saturated carbocycles. The zero-order valence-corrected chi connectivity index (χ0v) is 11.5. The van der Waals surface area contributed by atoms with E-state index in [1.165, 1.54) is 5.56 Å². The lowest BCUT2D eigenvalue weighted by molar-refractivity contribution is -0.0286. The van der Waals surface area contributed by atoms with Crippen LogP contribution in [0.5, 0.6) is 5.75 Å². The van der Waals surface area contributed by atoms with E-state index >= 15 is 0 Å². The van der Waals surface area contributed by atoms with Crippen LogP contribution in [0.15, 0.2) is 24.3 Å². The van der Waals surface area contributed by atoms with E-state index in [2.05, 4.69) is 5.32 Å². The van der Waals surface area contributed by atoms with Crippen molar-refractivity contribution in [1.82, 2.24) is 5.32 Å². The van der Waals surface area contributed by atoms with E-state index in [9.17, 15) is 5.11 Å². The number of piperidine rings is 1. The minimum absolute atomic E-state index is 0.367. The molecule has 106 valence electrons. The molecule has 1 saturated heterocycles. The molecule has 1 aliphatic rings. The number of hydrogen-bond acceptors (Lipinski definition) is 4. The smallest absolute Gasteiger partial charge is 0.119 e. The minimum atomic E-state index is -0.681. The zero-order chi connectivity index (χ0) is 13.6. The van der Waals surface area contributed by atoms with Gasteiger partial charge in [-0.05, 0) is 50.0 Å². The molecule has 4 heteroatoms. The first-order chi connectivity index (χ1) is 9.22. The van der Waals surface area contributed by atoms with Crippen LogP contribution in [0.3, 0.4) is 0 Å². The Hall–Kier alpha value is -1.10. The van der Waals surface area contributed by atoms with E-state index in [1.807, 2.05) is 24.3 Å². The van der Waals surface area contributed by atoms with E-state index < -0.39 is 5.60 Å². The zero-order valence-electron chi connectivity index (χ0n) is 11.5. The summed E-state index contributed by atoms with van der Waals surface area (Å²) < 4.78 is 10.7. The minimum Gasteiger partial charge on any atom is -0.491 e. The van der Waals surface area contributed by atoms with Crippen molar-refractivity contribution < 1.29 is 14.6 Å². The summed E-state index contributed by atoms with van der Waals surface area (Å²) in [5.74, 6) is 0.813. The topological polar surface area (TPSA) is 50.7 Å². The molecule has 1 aliphatic heterocycles. The highest BCUT2D eigenvalue weighted by molar-refractivity contribution is 5.27. The Balaban J connectivity index is 1.82. The molecule has 0 aromatic heterocycles. The number of hydrogen-bond donors (Lipinski definition) is 2. The Morgan fingerprint density at radius 1 is 1.21 bits per heavy atom. The summed E-state index contributed by atoms with van der Waals surface area (Å²) in [6.45, 7) is 2.81. The van der Waals surface area contributed by atoms with Crippen molar-refractivity contribution in [3.63, 3.8) is 0 Å². The lowest BCUT2D eigenvalue weighted by atomic mass is 9.93. The quantitative estimate of drug-likeness (QED) is 0.815. The van der Waals surface area contributed by atoms with Crippen molar-refractivity contribution in [2.24, 2.45) is 0 Å². The highest BCUT2D eigenvalue weighted by atomic mass is 16.5. The molecule has 0 spiro atoms.